The van der Waals surface area contributed by atoms with Crippen molar-refractivity contribution in [2.45, 2.75) is 62.4 Å². The van der Waals surface area contributed by atoms with Gasteiger partial charge >= 0.3 is 0 Å². The molecule has 1 aromatic rings. The number of hydrogen-bond donors (Lipinski definition) is 1. The number of anilines is 1. The third kappa shape index (κ3) is 3.84. The van der Waals surface area contributed by atoms with Crippen LogP contribution in [0.5, 0.6) is 0 Å². The van der Waals surface area contributed by atoms with Crippen LogP contribution < -0.4 is 10.2 Å². The summed E-state index contributed by atoms with van der Waals surface area (Å²) in [5.41, 5.74) is 2.47. The minimum absolute atomic E-state index is 0.125. The molecule has 3 fully saturated rings. The Labute approximate surface area is 168 Å². The van der Waals surface area contributed by atoms with Gasteiger partial charge in [-0.25, -0.2) is 8.42 Å². The number of sulfonamides is 1. The molecule has 6 nitrogen and oxygen atoms in total. The van der Waals surface area contributed by atoms with Gasteiger partial charge in [-0.1, -0.05) is 18.6 Å². The summed E-state index contributed by atoms with van der Waals surface area (Å²) in [6.45, 7) is 1.68. The van der Waals surface area contributed by atoms with E-state index in [2.05, 4.69) is 17.4 Å². The van der Waals surface area contributed by atoms with Gasteiger partial charge in [-0.2, -0.15) is 4.31 Å². The lowest BCUT2D eigenvalue weighted by atomic mass is 9.90. The molecule has 1 atom stereocenters. The fourth-order valence-corrected chi connectivity index (χ4v) is 5.00. The molecular weight excluding hydrogens is 374 g/mol. The summed E-state index contributed by atoms with van der Waals surface area (Å²) in [5, 5.41) is 3.71. The van der Waals surface area contributed by atoms with Crippen molar-refractivity contribution in [3.63, 3.8) is 0 Å². The molecule has 28 heavy (non-hydrogen) atoms. The SMILES string of the molecule is CN(C1CCCN(c2ccc(C3(CNC4CCC4)CC3)cc2)C1=O)S(C)(=O)=O. The third-order valence-electron chi connectivity index (χ3n) is 6.85. The number of piperidine rings is 1. The second kappa shape index (κ2) is 7.43. The molecule has 1 amide bonds. The van der Waals surface area contributed by atoms with Crippen molar-refractivity contribution < 1.29 is 13.2 Å². The molecule has 1 saturated heterocycles. The second-order valence-corrected chi connectivity index (χ2v) is 10.8. The van der Waals surface area contributed by atoms with Crippen LogP contribution >= 0.6 is 0 Å². The first-order valence-corrected chi connectivity index (χ1v) is 12.2. The normalized spacial score (nSPS) is 25.0. The van der Waals surface area contributed by atoms with Crippen LogP contribution in [0.1, 0.15) is 50.5 Å². The first-order chi connectivity index (χ1) is 13.3. The molecular formula is C21H31N3O3S. The Bertz CT molecular complexity index is 829. The van der Waals surface area contributed by atoms with E-state index in [4.69, 9.17) is 0 Å². The van der Waals surface area contributed by atoms with Crippen LogP contribution in [0.25, 0.3) is 0 Å². The molecule has 154 valence electrons. The van der Waals surface area contributed by atoms with Gasteiger partial charge in [0.15, 0.2) is 0 Å². The first-order valence-electron chi connectivity index (χ1n) is 10.4. The lowest BCUT2D eigenvalue weighted by Gasteiger charge is -2.36. The molecule has 2 aliphatic carbocycles. The van der Waals surface area contributed by atoms with Crippen LogP contribution in [0.4, 0.5) is 5.69 Å². The van der Waals surface area contributed by atoms with E-state index in [1.807, 2.05) is 12.1 Å². The van der Waals surface area contributed by atoms with E-state index in [1.54, 1.807) is 4.90 Å². The summed E-state index contributed by atoms with van der Waals surface area (Å²) >= 11 is 0. The third-order valence-corrected chi connectivity index (χ3v) is 8.15. The number of benzene rings is 1. The van der Waals surface area contributed by atoms with Crippen molar-refractivity contribution >= 4 is 21.6 Å². The molecule has 1 unspecified atom stereocenters. The van der Waals surface area contributed by atoms with Crippen molar-refractivity contribution in [1.29, 1.82) is 0 Å². The zero-order chi connectivity index (χ0) is 19.9. The fraction of sp³-hybridized carbons (Fsp3) is 0.667. The van der Waals surface area contributed by atoms with Gasteiger partial charge in [0.05, 0.1) is 6.26 Å². The number of amides is 1. The predicted octanol–water partition coefficient (Wildman–Crippen LogP) is 2.25. The second-order valence-electron chi connectivity index (χ2n) is 8.76. The molecule has 0 spiro atoms. The van der Waals surface area contributed by atoms with Crippen molar-refractivity contribution in [1.82, 2.24) is 9.62 Å². The van der Waals surface area contributed by atoms with Gasteiger partial charge < -0.3 is 10.2 Å². The molecule has 1 heterocycles. The Balaban J connectivity index is 1.45. The number of likely N-dealkylation sites (N-methyl/N-ethyl adjacent to an activating group) is 1. The van der Waals surface area contributed by atoms with Crippen molar-refractivity contribution in [3.8, 4) is 0 Å². The molecule has 4 rings (SSSR count). The van der Waals surface area contributed by atoms with Gasteiger partial charge in [0.2, 0.25) is 15.9 Å². The van der Waals surface area contributed by atoms with Gasteiger partial charge in [0.25, 0.3) is 0 Å². The summed E-state index contributed by atoms with van der Waals surface area (Å²) in [7, 11) is -1.89. The van der Waals surface area contributed by atoms with Crippen LogP contribution in [0, 0.1) is 0 Å². The molecule has 1 N–H and O–H groups in total. The highest BCUT2D eigenvalue weighted by atomic mass is 32.2. The fourth-order valence-electron chi connectivity index (χ4n) is 4.35. The largest absolute Gasteiger partial charge is 0.313 e. The molecule has 0 bridgehead atoms. The van der Waals surface area contributed by atoms with Gasteiger partial charge in [-0.15, -0.1) is 0 Å². The highest BCUT2D eigenvalue weighted by Crippen LogP contribution is 2.48. The van der Waals surface area contributed by atoms with Crippen LogP contribution in [-0.4, -0.2) is 57.1 Å². The Morgan fingerprint density at radius 3 is 2.36 bits per heavy atom. The Morgan fingerprint density at radius 1 is 1.14 bits per heavy atom. The highest BCUT2D eigenvalue weighted by molar-refractivity contribution is 7.88. The van der Waals surface area contributed by atoms with E-state index >= 15 is 0 Å². The maximum atomic E-state index is 12.9. The zero-order valence-corrected chi connectivity index (χ0v) is 17.7. The Morgan fingerprint density at radius 2 is 1.82 bits per heavy atom. The van der Waals surface area contributed by atoms with Crippen molar-refractivity contribution in [2.24, 2.45) is 0 Å². The number of rotatable bonds is 7. The molecule has 1 aliphatic heterocycles. The lowest BCUT2D eigenvalue weighted by Crippen LogP contribution is -2.52. The summed E-state index contributed by atoms with van der Waals surface area (Å²) in [5.74, 6) is -0.125. The average molecular weight is 406 g/mol. The van der Waals surface area contributed by atoms with Gasteiger partial charge in [-0.05, 0) is 56.2 Å². The molecule has 3 aliphatic rings. The number of nitrogens with zero attached hydrogens (tertiary/aromatic N) is 2. The standard InChI is InChI=1S/C21H31N3O3S/c1-23(28(2,26)27)19-7-4-14-24(20(19)25)18-10-8-16(9-11-18)21(12-13-21)15-22-17-5-3-6-17/h8-11,17,19,22H,3-7,12-15H2,1-2H3. The predicted molar refractivity (Wildman–Crippen MR) is 111 cm³/mol. The topological polar surface area (TPSA) is 69.7 Å². The molecule has 7 heteroatoms. The van der Waals surface area contributed by atoms with Crippen LogP contribution in [0.15, 0.2) is 24.3 Å². The number of carbonyl (C=O) groups is 1. The van der Waals surface area contributed by atoms with Gasteiger partial charge in [-0.3, -0.25) is 4.79 Å². The smallest absolute Gasteiger partial charge is 0.245 e. The Hall–Kier alpha value is -1.44. The number of carbonyl (C=O) groups excluding carboxylic acids is 1. The molecule has 0 aromatic heterocycles. The van der Waals surface area contributed by atoms with Crippen LogP contribution in [-0.2, 0) is 20.2 Å². The summed E-state index contributed by atoms with van der Waals surface area (Å²) in [6.07, 6.45) is 8.91. The highest BCUT2D eigenvalue weighted by Gasteiger charge is 2.44. The maximum Gasteiger partial charge on any atom is 0.245 e. The molecule has 0 radical (unpaired) electrons. The molecule has 2 saturated carbocycles. The summed E-state index contributed by atoms with van der Waals surface area (Å²) in [4.78, 5) is 14.7. The number of nitrogens with one attached hydrogen (secondary N) is 1. The Kier molecular flexibility index (Phi) is 5.27. The first kappa shape index (κ1) is 19.9. The summed E-state index contributed by atoms with van der Waals surface area (Å²) < 4.78 is 24.9. The molecule has 1 aromatic carbocycles. The lowest BCUT2D eigenvalue weighted by molar-refractivity contribution is -0.123. The van der Waals surface area contributed by atoms with Crippen molar-refractivity contribution in [2.75, 3.05) is 31.3 Å². The average Bonchev–Trinajstić information content (AvgIpc) is 3.41. The van der Waals surface area contributed by atoms with Crippen molar-refractivity contribution in [3.05, 3.63) is 29.8 Å². The van der Waals surface area contributed by atoms with E-state index in [0.29, 0.717) is 19.0 Å². The monoisotopic (exact) mass is 405 g/mol. The quantitative estimate of drug-likeness (QED) is 0.755. The minimum atomic E-state index is -3.39. The van der Waals surface area contributed by atoms with Crippen LogP contribution in [0.2, 0.25) is 0 Å². The van der Waals surface area contributed by atoms with E-state index in [9.17, 15) is 13.2 Å². The van der Waals surface area contributed by atoms with E-state index < -0.39 is 16.1 Å². The van der Waals surface area contributed by atoms with Crippen LogP contribution in [0.3, 0.4) is 0 Å². The van der Waals surface area contributed by atoms with Gasteiger partial charge in [0.1, 0.15) is 6.04 Å². The van der Waals surface area contributed by atoms with Gasteiger partial charge in [0, 0.05) is 37.3 Å². The number of hydrogen-bond acceptors (Lipinski definition) is 4. The minimum Gasteiger partial charge on any atom is -0.313 e. The maximum absolute atomic E-state index is 12.9. The van der Waals surface area contributed by atoms with E-state index in [0.717, 1.165) is 24.9 Å². The zero-order valence-electron chi connectivity index (χ0n) is 16.9. The van der Waals surface area contributed by atoms with E-state index in [-0.39, 0.29) is 11.3 Å². The van der Waals surface area contributed by atoms with E-state index in [1.165, 1.54) is 49.0 Å². The summed E-state index contributed by atoms with van der Waals surface area (Å²) in [6, 6.07) is 8.46.